The van der Waals surface area contributed by atoms with Gasteiger partial charge in [0.2, 0.25) is 0 Å². The predicted molar refractivity (Wildman–Crippen MR) is 59.7 cm³/mol. The third kappa shape index (κ3) is 2.02. The Morgan fingerprint density at radius 2 is 2.20 bits per heavy atom. The molecule has 0 aromatic heterocycles. The number of carbonyl (C=O) groups excluding carboxylic acids is 1. The van der Waals surface area contributed by atoms with Gasteiger partial charge in [0, 0.05) is 24.7 Å². The van der Waals surface area contributed by atoms with E-state index in [0.29, 0.717) is 6.54 Å². The molecule has 0 radical (unpaired) electrons. The Hall–Kier alpha value is -1.35. The van der Waals surface area contributed by atoms with Crippen LogP contribution < -0.4 is 5.73 Å². The summed E-state index contributed by atoms with van der Waals surface area (Å²) in [5.41, 5.74) is 7.61. The normalized spacial score (nSPS) is 20.7. The highest BCUT2D eigenvalue weighted by Crippen LogP contribution is 2.14. The van der Waals surface area contributed by atoms with Crippen LogP contribution in [-0.2, 0) is 0 Å². The summed E-state index contributed by atoms with van der Waals surface area (Å²) < 4.78 is 0. The van der Waals surface area contributed by atoms with E-state index < -0.39 is 0 Å². The number of benzene rings is 1. The van der Waals surface area contributed by atoms with Crippen molar-refractivity contribution >= 4 is 5.91 Å². The van der Waals surface area contributed by atoms with Crippen molar-refractivity contribution in [2.45, 2.75) is 19.4 Å². The average Bonchev–Trinajstić information content (AvgIpc) is 2.65. The molecule has 1 unspecified atom stereocenters. The highest BCUT2D eigenvalue weighted by Gasteiger charge is 2.24. The van der Waals surface area contributed by atoms with E-state index >= 15 is 0 Å². The molecule has 1 fully saturated rings. The SMILES string of the molecule is Cc1ccccc1C(=O)N1CCC(N)C1. The number of rotatable bonds is 1. The van der Waals surface area contributed by atoms with Gasteiger partial charge < -0.3 is 10.6 Å². The van der Waals surface area contributed by atoms with E-state index in [1.807, 2.05) is 36.1 Å². The van der Waals surface area contributed by atoms with E-state index in [1.165, 1.54) is 0 Å². The Bertz CT molecular complexity index is 376. The molecule has 0 bridgehead atoms. The zero-order chi connectivity index (χ0) is 10.8. The highest BCUT2D eigenvalue weighted by molar-refractivity contribution is 5.95. The van der Waals surface area contributed by atoms with E-state index in [-0.39, 0.29) is 11.9 Å². The summed E-state index contributed by atoms with van der Waals surface area (Å²) >= 11 is 0. The van der Waals surface area contributed by atoms with E-state index in [1.54, 1.807) is 0 Å². The fraction of sp³-hybridized carbons (Fsp3) is 0.417. The molecule has 0 saturated carbocycles. The molecular formula is C12H16N2O. The van der Waals surface area contributed by atoms with Crippen molar-refractivity contribution in [3.63, 3.8) is 0 Å². The maximum Gasteiger partial charge on any atom is 0.254 e. The molecule has 1 saturated heterocycles. The molecule has 1 heterocycles. The lowest BCUT2D eigenvalue weighted by molar-refractivity contribution is 0.0790. The zero-order valence-electron chi connectivity index (χ0n) is 8.94. The zero-order valence-corrected chi connectivity index (χ0v) is 8.94. The molecule has 1 amide bonds. The van der Waals surface area contributed by atoms with Gasteiger partial charge >= 0.3 is 0 Å². The molecule has 0 spiro atoms. The van der Waals surface area contributed by atoms with Crippen molar-refractivity contribution < 1.29 is 4.79 Å². The van der Waals surface area contributed by atoms with Crippen LogP contribution in [0.4, 0.5) is 0 Å². The topological polar surface area (TPSA) is 46.3 Å². The molecule has 1 aliphatic rings. The number of hydrogen-bond acceptors (Lipinski definition) is 2. The summed E-state index contributed by atoms with van der Waals surface area (Å²) in [5, 5.41) is 0. The van der Waals surface area contributed by atoms with Gasteiger partial charge in [0.25, 0.3) is 5.91 Å². The van der Waals surface area contributed by atoms with Gasteiger partial charge in [-0.2, -0.15) is 0 Å². The molecule has 80 valence electrons. The lowest BCUT2D eigenvalue weighted by Gasteiger charge is -2.16. The van der Waals surface area contributed by atoms with E-state index in [0.717, 1.165) is 24.1 Å². The fourth-order valence-electron chi connectivity index (χ4n) is 1.95. The van der Waals surface area contributed by atoms with Crippen LogP contribution in [0.25, 0.3) is 0 Å². The number of carbonyl (C=O) groups is 1. The van der Waals surface area contributed by atoms with Gasteiger partial charge in [-0.15, -0.1) is 0 Å². The summed E-state index contributed by atoms with van der Waals surface area (Å²) in [6.07, 6.45) is 0.914. The Labute approximate surface area is 89.9 Å². The minimum absolute atomic E-state index is 0.112. The van der Waals surface area contributed by atoms with Crippen molar-refractivity contribution in [1.82, 2.24) is 4.90 Å². The summed E-state index contributed by atoms with van der Waals surface area (Å²) in [6, 6.07) is 7.83. The van der Waals surface area contributed by atoms with Crippen LogP contribution in [0.15, 0.2) is 24.3 Å². The van der Waals surface area contributed by atoms with Crippen molar-refractivity contribution in [3.8, 4) is 0 Å². The summed E-state index contributed by atoms with van der Waals surface area (Å²) in [7, 11) is 0. The van der Waals surface area contributed by atoms with E-state index in [2.05, 4.69) is 0 Å². The first-order chi connectivity index (χ1) is 7.18. The van der Waals surface area contributed by atoms with Crippen molar-refractivity contribution in [2.75, 3.05) is 13.1 Å². The van der Waals surface area contributed by atoms with Crippen molar-refractivity contribution in [1.29, 1.82) is 0 Å². The van der Waals surface area contributed by atoms with Gasteiger partial charge in [-0.05, 0) is 25.0 Å². The Morgan fingerprint density at radius 1 is 1.47 bits per heavy atom. The molecule has 1 atom stereocenters. The molecule has 2 rings (SSSR count). The molecule has 1 aromatic carbocycles. The molecule has 2 N–H and O–H groups in total. The monoisotopic (exact) mass is 204 g/mol. The molecule has 3 heteroatoms. The number of aryl methyl sites for hydroxylation is 1. The van der Waals surface area contributed by atoms with Crippen molar-refractivity contribution in [2.24, 2.45) is 5.73 Å². The van der Waals surface area contributed by atoms with Gasteiger partial charge in [-0.25, -0.2) is 0 Å². The second kappa shape index (κ2) is 4.03. The first-order valence-corrected chi connectivity index (χ1v) is 5.29. The van der Waals surface area contributed by atoms with Gasteiger partial charge in [0.1, 0.15) is 0 Å². The van der Waals surface area contributed by atoms with Crippen molar-refractivity contribution in [3.05, 3.63) is 35.4 Å². The number of hydrogen-bond donors (Lipinski definition) is 1. The predicted octanol–water partition coefficient (Wildman–Crippen LogP) is 1.17. The van der Waals surface area contributed by atoms with Gasteiger partial charge in [-0.3, -0.25) is 4.79 Å². The Morgan fingerprint density at radius 3 is 2.80 bits per heavy atom. The van der Waals surface area contributed by atoms with Gasteiger partial charge in [0.15, 0.2) is 0 Å². The number of amides is 1. The second-order valence-corrected chi connectivity index (χ2v) is 4.11. The molecule has 1 aliphatic heterocycles. The largest absolute Gasteiger partial charge is 0.337 e. The molecule has 1 aromatic rings. The average molecular weight is 204 g/mol. The number of likely N-dealkylation sites (tertiary alicyclic amines) is 1. The summed E-state index contributed by atoms with van der Waals surface area (Å²) in [4.78, 5) is 13.9. The second-order valence-electron chi connectivity index (χ2n) is 4.11. The van der Waals surface area contributed by atoms with Crippen LogP contribution >= 0.6 is 0 Å². The molecule has 0 aliphatic carbocycles. The molecule has 3 nitrogen and oxygen atoms in total. The Balaban J connectivity index is 2.18. The summed E-state index contributed by atoms with van der Waals surface area (Å²) in [6.45, 7) is 3.44. The number of nitrogens with zero attached hydrogens (tertiary/aromatic N) is 1. The molecule has 15 heavy (non-hydrogen) atoms. The first-order valence-electron chi connectivity index (χ1n) is 5.29. The van der Waals surface area contributed by atoms with E-state index in [4.69, 9.17) is 5.73 Å². The van der Waals surface area contributed by atoms with Crippen LogP contribution in [0.2, 0.25) is 0 Å². The van der Waals surface area contributed by atoms with Crippen LogP contribution in [0.5, 0.6) is 0 Å². The number of nitrogens with two attached hydrogens (primary N) is 1. The van der Waals surface area contributed by atoms with Crippen LogP contribution in [0.3, 0.4) is 0 Å². The van der Waals surface area contributed by atoms with Gasteiger partial charge in [-0.1, -0.05) is 18.2 Å². The van der Waals surface area contributed by atoms with E-state index in [9.17, 15) is 4.79 Å². The lowest BCUT2D eigenvalue weighted by Crippen LogP contribution is -2.32. The quantitative estimate of drug-likeness (QED) is 0.746. The van der Waals surface area contributed by atoms with Crippen LogP contribution in [0.1, 0.15) is 22.3 Å². The maximum absolute atomic E-state index is 12.1. The maximum atomic E-state index is 12.1. The third-order valence-corrected chi connectivity index (χ3v) is 2.89. The summed E-state index contributed by atoms with van der Waals surface area (Å²) in [5.74, 6) is 0.112. The van der Waals surface area contributed by atoms with Crippen LogP contribution in [0, 0.1) is 6.92 Å². The van der Waals surface area contributed by atoms with Crippen LogP contribution in [-0.4, -0.2) is 29.9 Å². The third-order valence-electron chi connectivity index (χ3n) is 2.89. The van der Waals surface area contributed by atoms with Gasteiger partial charge in [0.05, 0.1) is 0 Å². The molecular weight excluding hydrogens is 188 g/mol. The Kier molecular flexibility index (Phi) is 2.73. The highest BCUT2D eigenvalue weighted by atomic mass is 16.2. The smallest absolute Gasteiger partial charge is 0.254 e. The first kappa shape index (κ1) is 10.2. The standard InChI is InChI=1S/C12H16N2O/c1-9-4-2-3-5-11(9)12(15)14-7-6-10(13)8-14/h2-5,10H,6-8,13H2,1H3. The minimum Gasteiger partial charge on any atom is -0.337 e. The fourth-order valence-corrected chi connectivity index (χ4v) is 1.95. The lowest BCUT2D eigenvalue weighted by atomic mass is 10.1. The minimum atomic E-state index is 0.112.